The van der Waals surface area contributed by atoms with Crippen molar-refractivity contribution in [2.45, 2.75) is 20.8 Å². The number of carbonyl (C=O) groups excluding carboxylic acids is 1. The van der Waals surface area contributed by atoms with Gasteiger partial charge in [-0.05, 0) is 38.1 Å². The van der Waals surface area contributed by atoms with Gasteiger partial charge < -0.3 is 10.2 Å². The minimum absolute atomic E-state index is 0.0197. The van der Waals surface area contributed by atoms with Crippen molar-refractivity contribution in [1.29, 1.82) is 0 Å². The number of aromatic nitrogens is 4. The Balaban J connectivity index is 2.04. The molecule has 2 aromatic heterocycles. The first-order chi connectivity index (χ1) is 11.6. The molecule has 0 bridgehead atoms. The van der Waals surface area contributed by atoms with Crippen LogP contribution < -0.4 is 10.2 Å². The van der Waals surface area contributed by atoms with Crippen LogP contribution in [-0.4, -0.2) is 38.8 Å². The minimum atomic E-state index is 0.0197. The Kier molecular flexibility index (Phi) is 4.41. The molecule has 1 amide bonds. The summed E-state index contributed by atoms with van der Waals surface area (Å²) >= 11 is 0. The molecular formula is C17H20N6O. The average Bonchev–Trinajstić information content (AvgIpc) is 2.98. The largest absolute Gasteiger partial charge is 0.353 e. The van der Waals surface area contributed by atoms with Gasteiger partial charge in [-0.15, -0.1) is 10.2 Å². The highest BCUT2D eigenvalue weighted by Crippen LogP contribution is 2.24. The van der Waals surface area contributed by atoms with Crippen LogP contribution in [-0.2, 0) is 4.79 Å². The lowest BCUT2D eigenvalue weighted by Gasteiger charge is -2.19. The third-order valence-electron chi connectivity index (χ3n) is 3.75. The predicted octanol–water partition coefficient (Wildman–Crippen LogP) is 2.60. The molecule has 3 rings (SSSR count). The number of hydrogen-bond donors (Lipinski definition) is 1. The number of nitrogens with zero attached hydrogens (tertiary/aromatic N) is 5. The molecule has 0 atom stereocenters. The van der Waals surface area contributed by atoms with Gasteiger partial charge in [0, 0.05) is 31.3 Å². The van der Waals surface area contributed by atoms with E-state index >= 15 is 0 Å². The second-order valence-corrected chi connectivity index (χ2v) is 5.36. The van der Waals surface area contributed by atoms with E-state index in [1.165, 1.54) is 0 Å². The van der Waals surface area contributed by atoms with E-state index in [9.17, 15) is 4.79 Å². The molecule has 0 fully saturated rings. The Hall–Kier alpha value is -2.96. The Labute approximate surface area is 140 Å². The van der Waals surface area contributed by atoms with Crippen molar-refractivity contribution in [2.75, 3.05) is 23.3 Å². The van der Waals surface area contributed by atoms with Crippen LogP contribution in [0.1, 0.15) is 20.8 Å². The van der Waals surface area contributed by atoms with E-state index in [1.54, 1.807) is 16.3 Å². The van der Waals surface area contributed by atoms with Gasteiger partial charge in [-0.25, -0.2) is 0 Å². The third kappa shape index (κ3) is 2.92. The van der Waals surface area contributed by atoms with Crippen LogP contribution in [0, 0.1) is 0 Å². The number of nitrogens with one attached hydrogen (secondary N) is 1. The molecule has 1 N–H and O–H groups in total. The SMILES string of the molecule is CCNc1nnc2ccc(-c3cccc(N(CC)C(C)=O)c3)nn12. The van der Waals surface area contributed by atoms with Gasteiger partial charge in [-0.3, -0.25) is 4.79 Å². The molecule has 0 saturated heterocycles. The Bertz CT molecular complexity index is 872. The monoisotopic (exact) mass is 324 g/mol. The lowest BCUT2D eigenvalue weighted by atomic mass is 10.1. The quantitative estimate of drug-likeness (QED) is 0.781. The second-order valence-electron chi connectivity index (χ2n) is 5.36. The number of rotatable bonds is 5. The highest BCUT2D eigenvalue weighted by Gasteiger charge is 2.12. The number of fused-ring (bicyclic) bond motifs is 1. The maximum absolute atomic E-state index is 11.8. The predicted molar refractivity (Wildman–Crippen MR) is 94.1 cm³/mol. The summed E-state index contributed by atoms with van der Waals surface area (Å²) in [7, 11) is 0. The highest BCUT2D eigenvalue weighted by molar-refractivity contribution is 5.92. The maximum atomic E-state index is 11.8. The van der Waals surface area contributed by atoms with Crippen LogP contribution in [0.25, 0.3) is 16.9 Å². The van der Waals surface area contributed by atoms with Gasteiger partial charge in [0.2, 0.25) is 11.9 Å². The van der Waals surface area contributed by atoms with Gasteiger partial charge in [-0.2, -0.15) is 9.61 Å². The molecule has 0 unspecified atom stereocenters. The minimum Gasteiger partial charge on any atom is -0.353 e. The smallest absolute Gasteiger partial charge is 0.246 e. The lowest BCUT2D eigenvalue weighted by molar-refractivity contribution is -0.116. The molecule has 124 valence electrons. The van der Waals surface area contributed by atoms with Gasteiger partial charge in [0.1, 0.15) is 0 Å². The van der Waals surface area contributed by atoms with Crippen molar-refractivity contribution < 1.29 is 4.79 Å². The summed E-state index contributed by atoms with van der Waals surface area (Å²) in [6, 6.07) is 11.6. The zero-order valence-corrected chi connectivity index (χ0v) is 14.0. The van der Waals surface area contributed by atoms with E-state index in [0.29, 0.717) is 18.1 Å². The van der Waals surface area contributed by atoms with E-state index in [-0.39, 0.29) is 5.91 Å². The highest BCUT2D eigenvalue weighted by atomic mass is 16.2. The van der Waals surface area contributed by atoms with E-state index in [1.807, 2.05) is 50.2 Å². The number of amides is 1. The molecule has 7 heteroatoms. The maximum Gasteiger partial charge on any atom is 0.246 e. The number of carbonyl (C=O) groups is 1. The zero-order valence-electron chi connectivity index (χ0n) is 14.0. The average molecular weight is 324 g/mol. The lowest BCUT2D eigenvalue weighted by Crippen LogP contribution is -2.27. The number of hydrogen-bond acceptors (Lipinski definition) is 5. The summed E-state index contributed by atoms with van der Waals surface area (Å²) in [5.41, 5.74) is 3.28. The van der Waals surface area contributed by atoms with Gasteiger partial charge >= 0.3 is 0 Å². The van der Waals surface area contributed by atoms with Crippen molar-refractivity contribution in [3.8, 4) is 11.3 Å². The van der Waals surface area contributed by atoms with Crippen LogP contribution in [0.5, 0.6) is 0 Å². The van der Waals surface area contributed by atoms with E-state index in [4.69, 9.17) is 0 Å². The number of anilines is 2. The fourth-order valence-electron chi connectivity index (χ4n) is 2.63. The fourth-order valence-corrected chi connectivity index (χ4v) is 2.63. The van der Waals surface area contributed by atoms with Crippen molar-refractivity contribution in [3.63, 3.8) is 0 Å². The van der Waals surface area contributed by atoms with Gasteiger partial charge in [0.05, 0.1) is 5.69 Å². The van der Waals surface area contributed by atoms with Gasteiger partial charge in [-0.1, -0.05) is 12.1 Å². The molecule has 3 aromatic rings. The van der Waals surface area contributed by atoms with Gasteiger partial charge in [0.25, 0.3) is 0 Å². The molecule has 1 aromatic carbocycles. The summed E-state index contributed by atoms with van der Waals surface area (Å²) in [6.07, 6.45) is 0. The van der Waals surface area contributed by atoms with Crippen LogP contribution >= 0.6 is 0 Å². The molecule has 0 aliphatic carbocycles. The van der Waals surface area contributed by atoms with E-state index in [2.05, 4.69) is 20.6 Å². The first kappa shape index (κ1) is 15.9. The molecule has 0 aliphatic rings. The molecule has 24 heavy (non-hydrogen) atoms. The molecule has 0 radical (unpaired) electrons. The number of benzene rings is 1. The standard InChI is InChI=1S/C17H20N6O/c1-4-18-17-20-19-16-10-9-15(21-23(16)17)13-7-6-8-14(11-13)22(5-2)12(3)24/h6-11H,4-5H2,1-3H3,(H,18,20). The Morgan fingerprint density at radius 1 is 1.21 bits per heavy atom. The van der Waals surface area contributed by atoms with Crippen molar-refractivity contribution in [3.05, 3.63) is 36.4 Å². The first-order valence-electron chi connectivity index (χ1n) is 7.99. The molecule has 0 spiro atoms. The Morgan fingerprint density at radius 2 is 2.04 bits per heavy atom. The van der Waals surface area contributed by atoms with Crippen LogP contribution in [0.4, 0.5) is 11.6 Å². The topological polar surface area (TPSA) is 75.4 Å². The summed E-state index contributed by atoms with van der Waals surface area (Å²) < 4.78 is 1.69. The molecule has 2 heterocycles. The van der Waals surface area contributed by atoms with E-state index < -0.39 is 0 Å². The summed E-state index contributed by atoms with van der Waals surface area (Å²) in [5, 5.41) is 15.9. The molecule has 7 nitrogen and oxygen atoms in total. The molecule has 0 aliphatic heterocycles. The van der Waals surface area contributed by atoms with Crippen LogP contribution in [0.2, 0.25) is 0 Å². The molecule has 0 saturated carbocycles. The first-order valence-corrected chi connectivity index (χ1v) is 7.99. The Morgan fingerprint density at radius 3 is 2.75 bits per heavy atom. The van der Waals surface area contributed by atoms with Crippen LogP contribution in [0.15, 0.2) is 36.4 Å². The van der Waals surface area contributed by atoms with E-state index in [0.717, 1.165) is 23.5 Å². The summed E-state index contributed by atoms with van der Waals surface area (Å²) in [4.78, 5) is 13.5. The zero-order chi connectivity index (χ0) is 17.1. The normalized spacial score (nSPS) is 10.8. The summed E-state index contributed by atoms with van der Waals surface area (Å²) in [6.45, 7) is 6.89. The fraction of sp³-hybridized carbons (Fsp3) is 0.294. The third-order valence-corrected chi connectivity index (χ3v) is 3.75. The summed E-state index contributed by atoms with van der Waals surface area (Å²) in [5.74, 6) is 0.635. The second kappa shape index (κ2) is 6.66. The van der Waals surface area contributed by atoms with Crippen molar-refractivity contribution in [1.82, 2.24) is 19.8 Å². The van der Waals surface area contributed by atoms with Gasteiger partial charge in [0.15, 0.2) is 5.65 Å². The van der Waals surface area contributed by atoms with Crippen LogP contribution in [0.3, 0.4) is 0 Å². The molecular weight excluding hydrogens is 304 g/mol. The van der Waals surface area contributed by atoms with Crippen molar-refractivity contribution >= 4 is 23.2 Å². The van der Waals surface area contributed by atoms with Crippen molar-refractivity contribution in [2.24, 2.45) is 0 Å².